The molecule has 1 aliphatic rings. The number of hydrogen-bond acceptors (Lipinski definition) is 1. The quantitative estimate of drug-likeness (QED) is 0.645. The number of allylic oxidation sites excluding steroid dienone is 4. The van der Waals surface area contributed by atoms with Gasteiger partial charge in [-0.2, -0.15) is 0 Å². The van der Waals surface area contributed by atoms with Gasteiger partial charge in [0.2, 0.25) is 0 Å². The topological polar surface area (TPSA) is 12.4 Å². The molecule has 1 nitrogen and oxygen atoms in total. The van der Waals surface area contributed by atoms with Crippen molar-refractivity contribution in [2.45, 2.75) is 12.8 Å². The van der Waals surface area contributed by atoms with Crippen LogP contribution in [0.5, 0.6) is 0 Å². The lowest BCUT2D eigenvalue weighted by molar-refractivity contribution is 0.628. The maximum absolute atomic E-state index is 12.6. The molecule has 0 fully saturated rings. The Balaban J connectivity index is 2.07. The fourth-order valence-corrected chi connectivity index (χ4v) is 1.41. The van der Waals surface area contributed by atoms with E-state index in [9.17, 15) is 4.39 Å². The van der Waals surface area contributed by atoms with Gasteiger partial charge in [-0.3, -0.25) is 4.99 Å². The van der Waals surface area contributed by atoms with Gasteiger partial charge in [0.1, 0.15) is 5.82 Å². The standard InChI is InChI=1S/C13H12FN/c14-12-6-8-13(9-7-12)15-10-11-4-2-1-3-5-11/h1-2,4,6-10H,3,5H2. The summed E-state index contributed by atoms with van der Waals surface area (Å²) in [6.45, 7) is 0. The molecule has 0 unspecified atom stereocenters. The lowest BCUT2D eigenvalue weighted by atomic mass is 10.1. The van der Waals surface area contributed by atoms with Crippen molar-refractivity contribution in [1.82, 2.24) is 0 Å². The average Bonchev–Trinajstić information content (AvgIpc) is 2.30. The highest BCUT2D eigenvalue weighted by atomic mass is 19.1. The first-order chi connectivity index (χ1) is 7.34. The minimum absolute atomic E-state index is 0.228. The Hall–Kier alpha value is -1.70. The highest BCUT2D eigenvalue weighted by Crippen LogP contribution is 2.14. The fraction of sp³-hybridized carbons (Fsp3) is 0.154. The van der Waals surface area contributed by atoms with Crippen molar-refractivity contribution in [3.8, 4) is 0 Å². The second-order valence-corrected chi connectivity index (χ2v) is 3.44. The van der Waals surface area contributed by atoms with Gasteiger partial charge >= 0.3 is 0 Å². The summed E-state index contributed by atoms with van der Waals surface area (Å²) in [7, 11) is 0. The first kappa shape index (κ1) is 9.84. The molecule has 0 aromatic heterocycles. The van der Waals surface area contributed by atoms with Crippen molar-refractivity contribution in [2.75, 3.05) is 0 Å². The molecule has 0 bridgehead atoms. The third-order valence-corrected chi connectivity index (χ3v) is 2.25. The molecule has 0 radical (unpaired) electrons. The summed E-state index contributed by atoms with van der Waals surface area (Å²) in [5.74, 6) is -0.228. The highest BCUT2D eigenvalue weighted by molar-refractivity contribution is 5.81. The molecule has 0 atom stereocenters. The van der Waals surface area contributed by atoms with Crippen LogP contribution in [0.2, 0.25) is 0 Å². The van der Waals surface area contributed by atoms with Crippen LogP contribution in [0.3, 0.4) is 0 Å². The number of hydrogen-bond donors (Lipinski definition) is 0. The number of aliphatic imine (C=N–C) groups is 1. The van der Waals surface area contributed by atoms with Gasteiger partial charge in [-0.1, -0.05) is 18.2 Å². The summed E-state index contributed by atoms with van der Waals surface area (Å²) < 4.78 is 12.6. The Morgan fingerprint density at radius 3 is 2.67 bits per heavy atom. The highest BCUT2D eigenvalue weighted by Gasteiger charge is 1.95. The minimum Gasteiger partial charge on any atom is -0.257 e. The molecule has 0 saturated heterocycles. The van der Waals surface area contributed by atoms with Crippen LogP contribution in [0.15, 0.2) is 53.1 Å². The monoisotopic (exact) mass is 201 g/mol. The van der Waals surface area contributed by atoms with E-state index >= 15 is 0 Å². The summed E-state index contributed by atoms with van der Waals surface area (Å²) >= 11 is 0. The van der Waals surface area contributed by atoms with Crippen LogP contribution in [0.1, 0.15) is 12.8 Å². The molecule has 2 heteroatoms. The largest absolute Gasteiger partial charge is 0.257 e. The van der Waals surface area contributed by atoms with Crippen LogP contribution in [0.4, 0.5) is 10.1 Å². The first-order valence-corrected chi connectivity index (χ1v) is 5.00. The Labute approximate surface area is 88.7 Å². The summed E-state index contributed by atoms with van der Waals surface area (Å²) in [6.07, 6.45) is 10.2. The molecule has 0 N–H and O–H groups in total. The molecule has 15 heavy (non-hydrogen) atoms. The lowest BCUT2D eigenvalue weighted by Crippen LogP contribution is -1.87. The maximum atomic E-state index is 12.6. The summed E-state index contributed by atoms with van der Waals surface area (Å²) in [5.41, 5.74) is 1.99. The second kappa shape index (κ2) is 4.69. The summed E-state index contributed by atoms with van der Waals surface area (Å²) in [4.78, 5) is 4.28. The fourth-order valence-electron chi connectivity index (χ4n) is 1.41. The molecule has 0 spiro atoms. The second-order valence-electron chi connectivity index (χ2n) is 3.44. The van der Waals surface area contributed by atoms with Crippen LogP contribution >= 0.6 is 0 Å². The molecule has 0 heterocycles. The third-order valence-electron chi connectivity index (χ3n) is 2.25. The van der Waals surface area contributed by atoms with E-state index in [1.54, 1.807) is 12.1 Å². The van der Waals surface area contributed by atoms with Crippen molar-refractivity contribution in [1.29, 1.82) is 0 Å². The molecule has 1 aliphatic carbocycles. The molecule has 0 amide bonds. The summed E-state index contributed by atoms with van der Waals surface area (Å²) in [6, 6.07) is 6.18. The van der Waals surface area contributed by atoms with Gasteiger partial charge in [0, 0.05) is 6.21 Å². The van der Waals surface area contributed by atoms with Crippen LogP contribution in [-0.4, -0.2) is 6.21 Å². The van der Waals surface area contributed by atoms with E-state index in [1.165, 1.54) is 17.7 Å². The Morgan fingerprint density at radius 1 is 1.20 bits per heavy atom. The number of halogens is 1. The normalized spacial score (nSPS) is 15.7. The van der Waals surface area contributed by atoms with E-state index in [0.717, 1.165) is 18.5 Å². The first-order valence-electron chi connectivity index (χ1n) is 5.00. The van der Waals surface area contributed by atoms with Gasteiger partial charge in [0.05, 0.1) is 5.69 Å². The van der Waals surface area contributed by atoms with E-state index in [4.69, 9.17) is 0 Å². The Kier molecular flexibility index (Phi) is 3.08. The molecular weight excluding hydrogens is 189 g/mol. The molecule has 2 rings (SSSR count). The van der Waals surface area contributed by atoms with E-state index in [1.807, 2.05) is 12.3 Å². The van der Waals surface area contributed by atoms with E-state index in [-0.39, 0.29) is 5.82 Å². The molecular formula is C13H12FN. The van der Waals surface area contributed by atoms with E-state index in [0.29, 0.717) is 0 Å². The average molecular weight is 201 g/mol. The molecule has 76 valence electrons. The number of nitrogens with zero attached hydrogens (tertiary/aromatic N) is 1. The maximum Gasteiger partial charge on any atom is 0.123 e. The SMILES string of the molecule is Fc1ccc(N=CC2=CC=CCC2)cc1. The number of benzene rings is 1. The smallest absolute Gasteiger partial charge is 0.123 e. The van der Waals surface area contributed by atoms with Crippen LogP contribution in [0, 0.1) is 5.82 Å². The van der Waals surface area contributed by atoms with Gasteiger partial charge in [-0.15, -0.1) is 0 Å². The zero-order chi connectivity index (χ0) is 10.5. The Morgan fingerprint density at radius 2 is 2.00 bits per heavy atom. The van der Waals surface area contributed by atoms with Gasteiger partial charge in [-0.05, 0) is 42.7 Å². The third kappa shape index (κ3) is 2.88. The predicted molar refractivity (Wildman–Crippen MR) is 61.0 cm³/mol. The Bertz CT molecular complexity index is 413. The molecule has 1 aromatic carbocycles. The van der Waals surface area contributed by atoms with Gasteiger partial charge in [0.15, 0.2) is 0 Å². The van der Waals surface area contributed by atoms with Crippen molar-refractivity contribution in [3.05, 3.63) is 53.9 Å². The predicted octanol–water partition coefficient (Wildman–Crippen LogP) is 3.80. The van der Waals surface area contributed by atoms with Crippen LogP contribution in [0.25, 0.3) is 0 Å². The van der Waals surface area contributed by atoms with Gasteiger partial charge < -0.3 is 0 Å². The van der Waals surface area contributed by atoms with Crippen molar-refractivity contribution < 1.29 is 4.39 Å². The zero-order valence-electron chi connectivity index (χ0n) is 8.36. The summed E-state index contributed by atoms with van der Waals surface area (Å²) in [5, 5.41) is 0. The van der Waals surface area contributed by atoms with Gasteiger partial charge in [0.25, 0.3) is 0 Å². The zero-order valence-corrected chi connectivity index (χ0v) is 8.36. The van der Waals surface area contributed by atoms with Crippen molar-refractivity contribution >= 4 is 11.9 Å². The van der Waals surface area contributed by atoms with Gasteiger partial charge in [-0.25, -0.2) is 4.39 Å². The van der Waals surface area contributed by atoms with Crippen molar-refractivity contribution in [2.24, 2.45) is 4.99 Å². The molecule has 0 saturated carbocycles. The number of rotatable bonds is 2. The van der Waals surface area contributed by atoms with E-state index in [2.05, 4.69) is 17.1 Å². The van der Waals surface area contributed by atoms with Crippen molar-refractivity contribution in [3.63, 3.8) is 0 Å². The molecule has 0 aliphatic heterocycles. The van der Waals surface area contributed by atoms with Crippen LogP contribution < -0.4 is 0 Å². The minimum atomic E-state index is -0.228. The lowest BCUT2D eigenvalue weighted by Gasteiger charge is -2.02. The molecule has 1 aromatic rings. The van der Waals surface area contributed by atoms with E-state index < -0.39 is 0 Å². The van der Waals surface area contributed by atoms with Crippen LogP contribution in [-0.2, 0) is 0 Å².